The number of nitrogens with zero attached hydrogens (tertiary/aromatic N) is 5. The minimum atomic E-state index is -0.550. The maximum Gasteiger partial charge on any atom is 0.244 e. The number of benzene rings is 1. The molecule has 0 aliphatic heterocycles. The Hall–Kier alpha value is -4.60. The first-order valence-corrected chi connectivity index (χ1v) is 11.9. The Kier molecular flexibility index (Phi) is 5.25. The summed E-state index contributed by atoms with van der Waals surface area (Å²) in [5.74, 6) is 0.280. The number of carbonyl (C=O) groups excluding carboxylic acids is 1. The Morgan fingerprint density at radius 1 is 1.14 bits per heavy atom. The highest BCUT2D eigenvalue weighted by Crippen LogP contribution is 2.54. The molecular weight excluding hydrogens is 473 g/mol. The Balaban J connectivity index is 1.30. The first-order chi connectivity index (χ1) is 17.8. The number of hydrogen-bond acceptors (Lipinski definition) is 7. The van der Waals surface area contributed by atoms with Gasteiger partial charge in [0.05, 0.1) is 18.1 Å². The quantitative estimate of drug-likeness (QED) is 0.337. The SMILES string of the molecule is Cc1cc(-c2ncco2)ncc1-c1cc2cc(NC(=O)[C@@H]3C(c4cnn(C)c4)[C@H]3C)ncc2c(N)c1F. The predicted octanol–water partition coefficient (Wildman–Crippen LogP) is 4.70. The highest BCUT2D eigenvalue weighted by atomic mass is 19.1. The van der Waals surface area contributed by atoms with Crippen LogP contribution in [0.15, 0.2) is 59.9 Å². The van der Waals surface area contributed by atoms with Crippen molar-refractivity contribution in [2.75, 3.05) is 11.1 Å². The minimum absolute atomic E-state index is 0.0125. The van der Waals surface area contributed by atoms with Crippen molar-refractivity contribution >= 4 is 28.2 Å². The van der Waals surface area contributed by atoms with Crippen molar-refractivity contribution in [1.29, 1.82) is 0 Å². The van der Waals surface area contributed by atoms with Gasteiger partial charge in [0, 0.05) is 54.0 Å². The number of pyridine rings is 2. The monoisotopic (exact) mass is 497 g/mol. The van der Waals surface area contributed by atoms with E-state index in [1.54, 1.807) is 35.3 Å². The summed E-state index contributed by atoms with van der Waals surface area (Å²) >= 11 is 0. The fraction of sp³-hybridized carbons (Fsp3) is 0.222. The van der Waals surface area contributed by atoms with Crippen molar-refractivity contribution in [3.05, 3.63) is 72.4 Å². The molecule has 6 rings (SSSR count). The average Bonchev–Trinajstić information content (AvgIpc) is 3.23. The van der Waals surface area contributed by atoms with Gasteiger partial charge in [-0.05, 0) is 47.6 Å². The topological polar surface area (TPSA) is 125 Å². The van der Waals surface area contributed by atoms with E-state index in [9.17, 15) is 4.79 Å². The summed E-state index contributed by atoms with van der Waals surface area (Å²) in [7, 11) is 1.86. The molecule has 4 heterocycles. The molecule has 1 saturated carbocycles. The Bertz CT molecular complexity index is 1660. The number of aryl methyl sites for hydroxylation is 2. The lowest BCUT2D eigenvalue weighted by Gasteiger charge is -2.13. The average molecular weight is 498 g/mol. The van der Waals surface area contributed by atoms with Crippen molar-refractivity contribution in [2.45, 2.75) is 19.8 Å². The molecule has 0 bridgehead atoms. The van der Waals surface area contributed by atoms with Gasteiger partial charge in [-0.1, -0.05) is 6.92 Å². The van der Waals surface area contributed by atoms with Gasteiger partial charge in [-0.2, -0.15) is 5.10 Å². The summed E-state index contributed by atoms with van der Waals surface area (Å²) in [6.45, 7) is 3.91. The van der Waals surface area contributed by atoms with Crippen LogP contribution in [0.3, 0.4) is 0 Å². The van der Waals surface area contributed by atoms with E-state index in [1.165, 1.54) is 18.7 Å². The van der Waals surface area contributed by atoms with Crippen LogP contribution in [0, 0.1) is 24.6 Å². The first-order valence-electron chi connectivity index (χ1n) is 11.9. The number of hydrogen-bond donors (Lipinski definition) is 2. The number of nitrogens with two attached hydrogens (primary N) is 1. The zero-order chi connectivity index (χ0) is 25.8. The smallest absolute Gasteiger partial charge is 0.244 e. The summed E-state index contributed by atoms with van der Waals surface area (Å²) in [6, 6.07) is 5.20. The second-order valence-electron chi connectivity index (χ2n) is 9.51. The van der Waals surface area contributed by atoms with Gasteiger partial charge in [-0.15, -0.1) is 0 Å². The molecule has 3 atom stereocenters. The standard InChI is InChI=1S/C27H24FN7O2/c1-13-6-20(27-30-4-5-37-27)31-10-18(13)17-7-15-8-21(32-11-19(15)25(29)24(17)28)34-26(36)23-14(2)22(23)16-9-33-35(3)12-16/h4-12,14,22-23H,29H2,1-3H3,(H,32,34,36)/t14-,22?,23+/m1/s1. The van der Waals surface area contributed by atoms with Gasteiger partial charge in [0.2, 0.25) is 11.8 Å². The third-order valence-electron chi connectivity index (χ3n) is 7.09. The summed E-state index contributed by atoms with van der Waals surface area (Å²) in [6.07, 6.45) is 9.81. The highest BCUT2D eigenvalue weighted by molar-refractivity contribution is 6.01. The second kappa shape index (κ2) is 8.51. The molecule has 1 fully saturated rings. The van der Waals surface area contributed by atoms with Crippen LogP contribution in [0.5, 0.6) is 0 Å². The predicted molar refractivity (Wildman–Crippen MR) is 137 cm³/mol. The van der Waals surface area contributed by atoms with Crippen LogP contribution in [-0.4, -0.2) is 30.6 Å². The van der Waals surface area contributed by atoms with E-state index in [2.05, 4.69) is 32.3 Å². The lowest BCUT2D eigenvalue weighted by molar-refractivity contribution is -0.117. The minimum Gasteiger partial charge on any atom is -0.443 e. The summed E-state index contributed by atoms with van der Waals surface area (Å²) in [5.41, 5.74) is 9.44. The molecule has 1 unspecified atom stereocenters. The number of aromatic nitrogens is 5. The van der Waals surface area contributed by atoms with Crippen LogP contribution in [-0.2, 0) is 11.8 Å². The maximum absolute atomic E-state index is 15.4. The first kappa shape index (κ1) is 22.8. The fourth-order valence-corrected chi connectivity index (χ4v) is 5.06. The molecule has 0 saturated heterocycles. The van der Waals surface area contributed by atoms with Crippen LogP contribution in [0.1, 0.15) is 24.0 Å². The van der Waals surface area contributed by atoms with Gasteiger partial charge < -0.3 is 15.5 Å². The molecule has 4 aromatic heterocycles. The van der Waals surface area contributed by atoms with Gasteiger partial charge in [0.25, 0.3) is 0 Å². The zero-order valence-electron chi connectivity index (χ0n) is 20.4. The van der Waals surface area contributed by atoms with Gasteiger partial charge in [-0.25, -0.2) is 14.4 Å². The lowest BCUT2D eigenvalue weighted by Crippen LogP contribution is -2.16. The number of halogens is 1. The summed E-state index contributed by atoms with van der Waals surface area (Å²) in [5, 5.41) is 8.26. The third kappa shape index (κ3) is 3.90. The molecule has 0 spiro atoms. The van der Waals surface area contributed by atoms with E-state index in [0.717, 1.165) is 11.1 Å². The summed E-state index contributed by atoms with van der Waals surface area (Å²) < 4.78 is 22.4. The Morgan fingerprint density at radius 2 is 1.97 bits per heavy atom. The Labute approximate surface area is 211 Å². The molecular formula is C27H24FN7O2. The molecule has 9 nitrogen and oxygen atoms in total. The number of amides is 1. The number of oxazole rings is 1. The van der Waals surface area contributed by atoms with Crippen LogP contribution < -0.4 is 11.1 Å². The molecule has 1 amide bonds. The normalized spacial score (nSPS) is 18.8. The van der Waals surface area contributed by atoms with E-state index in [0.29, 0.717) is 39.3 Å². The van der Waals surface area contributed by atoms with Crippen LogP contribution >= 0.6 is 0 Å². The third-order valence-corrected chi connectivity index (χ3v) is 7.09. The van der Waals surface area contributed by atoms with Crippen molar-refractivity contribution in [3.8, 4) is 22.7 Å². The highest BCUT2D eigenvalue weighted by Gasteiger charge is 2.52. The van der Waals surface area contributed by atoms with Crippen molar-refractivity contribution in [1.82, 2.24) is 24.7 Å². The van der Waals surface area contributed by atoms with Gasteiger partial charge >= 0.3 is 0 Å². The number of nitrogen functional groups attached to an aromatic ring is 1. The molecule has 37 heavy (non-hydrogen) atoms. The van der Waals surface area contributed by atoms with Crippen molar-refractivity contribution in [3.63, 3.8) is 0 Å². The van der Waals surface area contributed by atoms with Crippen LogP contribution in [0.2, 0.25) is 0 Å². The van der Waals surface area contributed by atoms with Gasteiger partial charge in [-0.3, -0.25) is 14.5 Å². The number of rotatable bonds is 5. The molecule has 10 heteroatoms. The summed E-state index contributed by atoms with van der Waals surface area (Å²) in [4.78, 5) is 25.8. The Morgan fingerprint density at radius 3 is 2.68 bits per heavy atom. The van der Waals surface area contributed by atoms with Crippen LogP contribution in [0.25, 0.3) is 33.5 Å². The molecule has 5 aromatic rings. The van der Waals surface area contributed by atoms with E-state index in [4.69, 9.17) is 10.2 Å². The maximum atomic E-state index is 15.4. The van der Waals surface area contributed by atoms with Gasteiger partial charge in [0.1, 0.15) is 17.8 Å². The lowest BCUT2D eigenvalue weighted by atomic mass is 9.97. The van der Waals surface area contributed by atoms with E-state index in [1.807, 2.05) is 20.2 Å². The number of anilines is 2. The molecule has 3 N–H and O–H groups in total. The number of carbonyl (C=O) groups is 1. The fourth-order valence-electron chi connectivity index (χ4n) is 5.06. The number of nitrogens with one attached hydrogen (secondary N) is 1. The molecule has 1 aliphatic carbocycles. The van der Waals surface area contributed by atoms with Crippen molar-refractivity contribution in [2.24, 2.45) is 18.9 Å². The van der Waals surface area contributed by atoms with Crippen molar-refractivity contribution < 1.29 is 13.6 Å². The zero-order valence-corrected chi connectivity index (χ0v) is 20.4. The van der Waals surface area contributed by atoms with E-state index in [-0.39, 0.29) is 29.3 Å². The van der Waals surface area contributed by atoms with Crippen LogP contribution in [0.4, 0.5) is 15.9 Å². The second-order valence-corrected chi connectivity index (χ2v) is 9.51. The molecule has 1 aromatic carbocycles. The van der Waals surface area contributed by atoms with Gasteiger partial charge in [0.15, 0.2) is 5.82 Å². The van der Waals surface area contributed by atoms with E-state index < -0.39 is 5.82 Å². The molecule has 0 radical (unpaired) electrons. The van der Waals surface area contributed by atoms with E-state index >= 15 is 4.39 Å². The number of fused-ring (bicyclic) bond motifs is 1. The molecule has 186 valence electrons. The largest absolute Gasteiger partial charge is 0.443 e. The molecule has 1 aliphatic rings.